The lowest BCUT2D eigenvalue weighted by molar-refractivity contribution is 0.769. The molecule has 0 saturated heterocycles. The quantitative estimate of drug-likeness (QED) is 0.629. The van der Waals surface area contributed by atoms with Gasteiger partial charge in [-0.1, -0.05) is 6.92 Å². The number of nitrogens with one attached hydrogen (secondary N) is 2. The van der Waals surface area contributed by atoms with E-state index >= 15 is 0 Å². The first-order valence-corrected chi connectivity index (χ1v) is 7.97. The third-order valence-corrected chi connectivity index (χ3v) is 4.25. The van der Waals surface area contributed by atoms with E-state index in [0.29, 0.717) is 6.54 Å². The van der Waals surface area contributed by atoms with E-state index < -0.39 is 0 Å². The smallest absolute Gasteiger partial charge is 0.191 e. The highest BCUT2D eigenvalue weighted by atomic mass is 32.1. The minimum absolute atomic E-state index is 0.510. The molecule has 0 saturated carbocycles. The predicted octanol–water partition coefficient (Wildman–Crippen LogP) is 1.69. The lowest BCUT2D eigenvalue weighted by atomic mass is 10.4. The van der Waals surface area contributed by atoms with Gasteiger partial charge in [0, 0.05) is 23.3 Å². The molecule has 2 aromatic heterocycles. The second-order valence-corrected chi connectivity index (χ2v) is 5.88. The van der Waals surface area contributed by atoms with Gasteiger partial charge in [-0.25, -0.2) is 4.99 Å². The van der Waals surface area contributed by atoms with E-state index in [1.807, 2.05) is 23.0 Å². The van der Waals surface area contributed by atoms with Crippen LogP contribution >= 0.6 is 11.3 Å². The monoisotopic (exact) mass is 306 g/mol. The first-order valence-electron chi connectivity index (χ1n) is 7.15. The third-order valence-electron chi connectivity index (χ3n) is 3.02. The van der Waals surface area contributed by atoms with Crippen molar-refractivity contribution >= 4 is 17.3 Å². The van der Waals surface area contributed by atoms with E-state index in [1.54, 1.807) is 6.33 Å². The lowest BCUT2D eigenvalue weighted by Crippen LogP contribution is -2.36. The minimum atomic E-state index is 0.510. The van der Waals surface area contributed by atoms with Crippen molar-refractivity contribution < 1.29 is 0 Å². The Bertz CT molecular complexity index is 586. The molecule has 2 heterocycles. The fraction of sp³-hybridized carbons (Fsp3) is 0.500. The maximum absolute atomic E-state index is 4.53. The van der Waals surface area contributed by atoms with Crippen LogP contribution in [0.4, 0.5) is 0 Å². The Labute approximate surface area is 129 Å². The summed E-state index contributed by atoms with van der Waals surface area (Å²) < 4.78 is 1.87. The van der Waals surface area contributed by atoms with Gasteiger partial charge in [-0.2, -0.15) is 0 Å². The van der Waals surface area contributed by atoms with Gasteiger partial charge >= 0.3 is 0 Å². The molecule has 2 rings (SSSR count). The molecule has 2 N–H and O–H groups in total. The zero-order valence-electron chi connectivity index (χ0n) is 12.8. The molecule has 0 aliphatic carbocycles. The fourth-order valence-corrected chi connectivity index (χ4v) is 2.72. The molecule has 0 atom stereocenters. The van der Waals surface area contributed by atoms with E-state index in [1.165, 1.54) is 9.75 Å². The average molecular weight is 306 g/mol. The van der Waals surface area contributed by atoms with Crippen molar-refractivity contribution in [1.29, 1.82) is 0 Å². The van der Waals surface area contributed by atoms with Gasteiger partial charge in [0.15, 0.2) is 11.8 Å². The minimum Gasteiger partial charge on any atom is -0.357 e. The summed E-state index contributed by atoms with van der Waals surface area (Å²) in [4.78, 5) is 7.26. The highest BCUT2D eigenvalue weighted by Gasteiger charge is 2.03. The second kappa shape index (κ2) is 7.78. The van der Waals surface area contributed by atoms with Gasteiger partial charge < -0.3 is 15.2 Å². The first-order chi connectivity index (χ1) is 10.2. The number of hydrogen-bond acceptors (Lipinski definition) is 4. The van der Waals surface area contributed by atoms with Crippen molar-refractivity contribution in [2.75, 3.05) is 6.54 Å². The van der Waals surface area contributed by atoms with E-state index in [4.69, 9.17) is 0 Å². The van der Waals surface area contributed by atoms with Crippen molar-refractivity contribution in [1.82, 2.24) is 25.4 Å². The molecular formula is C14H22N6S. The van der Waals surface area contributed by atoms with Gasteiger partial charge in [-0.15, -0.1) is 21.5 Å². The first kappa shape index (κ1) is 15.5. The largest absolute Gasteiger partial charge is 0.357 e. The summed E-state index contributed by atoms with van der Waals surface area (Å²) in [6, 6.07) is 4.36. The molecule has 0 bridgehead atoms. The summed E-state index contributed by atoms with van der Waals surface area (Å²) in [7, 11) is 1.92. The molecule has 0 aliphatic rings. The van der Waals surface area contributed by atoms with Crippen molar-refractivity contribution in [2.24, 2.45) is 12.0 Å². The van der Waals surface area contributed by atoms with E-state index in [9.17, 15) is 0 Å². The van der Waals surface area contributed by atoms with Crippen LogP contribution in [-0.2, 0) is 26.6 Å². The zero-order chi connectivity index (χ0) is 15.1. The Morgan fingerprint density at radius 1 is 1.29 bits per heavy atom. The highest BCUT2D eigenvalue weighted by Crippen LogP contribution is 2.16. The molecule has 0 aromatic carbocycles. The van der Waals surface area contributed by atoms with Crippen LogP contribution in [-0.4, -0.2) is 27.3 Å². The van der Waals surface area contributed by atoms with Crippen molar-refractivity contribution in [2.45, 2.75) is 33.4 Å². The summed E-state index contributed by atoms with van der Waals surface area (Å²) in [5.74, 6) is 1.64. The van der Waals surface area contributed by atoms with Crippen molar-refractivity contribution in [3.05, 3.63) is 34.0 Å². The predicted molar refractivity (Wildman–Crippen MR) is 86.4 cm³/mol. The Morgan fingerprint density at radius 3 is 2.71 bits per heavy atom. The maximum atomic E-state index is 4.53. The molecule has 2 aromatic rings. The maximum Gasteiger partial charge on any atom is 0.191 e. The average Bonchev–Trinajstić information content (AvgIpc) is 3.11. The van der Waals surface area contributed by atoms with E-state index in [2.05, 4.69) is 51.8 Å². The summed E-state index contributed by atoms with van der Waals surface area (Å²) in [5.41, 5.74) is 0. The number of nitrogens with zero attached hydrogens (tertiary/aromatic N) is 4. The van der Waals surface area contributed by atoms with Gasteiger partial charge in [-0.05, 0) is 25.5 Å². The Hall–Kier alpha value is -1.89. The zero-order valence-corrected chi connectivity index (χ0v) is 13.6. The number of aliphatic imine (C=N–C) groups is 1. The topological polar surface area (TPSA) is 67.1 Å². The van der Waals surface area contributed by atoms with Gasteiger partial charge in [0.1, 0.15) is 12.9 Å². The molecule has 0 radical (unpaired) electrons. The number of rotatable bonds is 6. The molecule has 0 amide bonds. The summed E-state index contributed by atoms with van der Waals surface area (Å²) in [6.07, 6.45) is 2.77. The van der Waals surface area contributed by atoms with Gasteiger partial charge in [0.2, 0.25) is 0 Å². The molecule has 0 spiro atoms. The Morgan fingerprint density at radius 2 is 2.10 bits per heavy atom. The van der Waals surface area contributed by atoms with Crippen molar-refractivity contribution in [3.63, 3.8) is 0 Å². The normalized spacial score (nSPS) is 11.7. The fourth-order valence-electron chi connectivity index (χ4n) is 1.82. The van der Waals surface area contributed by atoms with E-state index in [-0.39, 0.29) is 0 Å². The van der Waals surface area contributed by atoms with Crippen LogP contribution in [0.3, 0.4) is 0 Å². The van der Waals surface area contributed by atoms with E-state index in [0.717, 1.165) is 31.3 Å². The molecule has 7 heteroatoms. The molecule has 114 valence electrons. The Balaban J connectivity index is 1.93. The number of aromatic nitrogens is 3. The van der Waals surface area contributed by atoms with Gasteiger partial charge in [0.05, 0.1) is 6.54 Å². The third kappa shape index (κ3) is 4.56. The lowest BCUT2D eigenvalue weighted by Gasteiger charge is -2.10. The van der Waals surface area contributed by atoms with Crippen LogP contribution in [0.2, 0.25) is 0 Å². The summed E-state index contributed by atoms with van der Waals surface area (Å²) in [6.45, 7) is 6.36. The molecule has 0 unspecified atom stereocenters. The van der Waals surface area contributed by atoms with Crippen LogP contribution < -0.4 is 10.6 Å². The van der Waals surface area contributed by atoms with Crippen LogP contribution in [0.25, 0.3) is 0 Å². The molecule has 6 nitrogen and oxygen atoms in total. The van der Waals surface area contributed by atoms with Crippen molar-refractivity contribution in [3.8, 4) is 0 Å². The number of aryl methyl sites for hydroxylation is 2. The van der Waals surface area contributed by atoms with Crippen LogP contribution in [0.15, 0.2) is 23.5 Å². The molecule has 21 heavy (non-hydrogen) atoms. The molecule has 0 fully saturated rings. The molecular weight excluding hydrogens is 284 g/mol. The van der Waals surface area contributed by atoms with Gasteiger partial charge in [-0.3, -0.25) is 0 Å². The standard InChI is InChI=1S/C14H22N6S/c1-4-11-6-7-12(21-11)8-16-14(15-5-2)17-9-13-19-18-10-20(13)3/h6-7,10H,4-5,8-9H2,1-3H3,(H2,15,16,17). The highest BCUT2D eigenvalue weighted by molar-refractivity contribution is 7.11. The number of guanidine groups is 1. The SMILES string of the molecule is CCNC(=NCc1nncn1C)NCc1ccc(CC)s1. The summed E-state index contributed by atoms with van der Waals surface area (Å²) >= 11 is 1.84. The second-order valence-electron chi connectivity index (χ2n) is 4.63. The molecule has 0 aliphatic heterocycles. The van der Waals surface area contributed by atoms with Crippen LogP contribution in [0.1, 0.15) is 29.4 Å². The summed E-state index contributed by atoms with van der Waals surface area (Å²) in [5, 5.41) is 14.5. The van der Waals surface area contributed by atoms with Crippen LogP contribution in [0, 0.1) is 0 Å². The number of hydrogen-bond donors (Lipinski definition) is 2. The Kier molecular flexibility index (Phi) is 5.74. The van der Waals surface area contributed by atoms with Gasteiger partial charge in [0.25, 0.3) is 0 Å². The number of thiophene rings is 1. The van der Waals surface area contributed by atoms with Crippen LogP contribution in [0.5, 0.6) is 0 Å².